The molecule has 2 heterocycles. The minimum atomic E-state index is -1.28. The van der Waals surface area contributed by atoms with Crippen molar-refractivity contribution in [2.75, 3.05) is 0 Å². The number of nitrogens with one attached hydrogen (secondary N) is 1. The lowest BCUT2D eigenvalue weighted by Gasteiger charge is -2.33. The van der Waals surface area contributed by atoms with Crippen LogP contribution in [-0.4, -0.2) is 27.1 Å². The first-order valence-electron chi connectivity index (χ1n) is 10.1. The van der Waals surface area contributed by atoms with Gasteiger partial charge in [0, 0.05) is 42.8 Å². The van der Waals surface area contributed by atoms with Crippen LogP contribution in [0.15, 0.2) is 30.5 Å². The van der Waals surface area contributed by atoms with E-state index in [-0.39, 0.29) is 18.4 Å². The first kappa shape index (κ1) is 21.7. The molecule has 0 aliphatic heterocycles. The van der Waals surface area contributed by atoms with Gasteiger partial charge in [-0.1, -0.05) is 0 Å². The Morgan fingerprint density at radius 2 is 1.91 bits per heavy atom. The molecule has 1 aliphatic rings. The quantitative estimate of drug-likeness (QED) is 0.597. The van der Waals surface area contributed by atoms with E-state index in [1.165, 1.54) is 0 Å². The number of aromatic nitrogens is 2. The number of imidazole rings is 1. The van der Waals surface area contributed by atoms with E-state index in [4.69, 9.17) is 10.00 Å². The number of hydrogen-bond acceptors (Lipinski definition) is 4. The summed E-state index contributed by atoms with van der Waals surface area (Å²) in [5, 5.41) is 11.9. The third kappa shape index (κ3) is 4.13. The summed E-state index contributed by atoms with van der Waals surface area (Å²) in [6.07, 6.45) is 1.45. The van der Waals surface area contributed by atoms with Crippen LogP contribution in [0.1, 0.15) is 49.2 Å². The molecule has 0 radical (unpaired) electrons. The molecule has 6 nitrogen and oxygen atoms in total. The molecular weight excluding hydrogens is 421 g/mol. The van der Waals surface area contributed by atoms with Crippen molar-refractivity contribution in [3.8, 4) is 6.07 Å². The lowest BCUT2D eigenvalue weighted by Crippen LogP contribution is -2.46. The number of nitriles is 1. The molecule has 1 aromatic carbocycles. The van der Waals surface area contributed by atoms with Crippen molar-refractivity contribution in [3.63, 3.8) is 0 Å². The number of hydrogen-bond donors (Lipinski definition) is 1. The van der Waals surface area contributed by atoms with Gasteiger partial charge in [-0.3, -0.25) is 0 Å². The van der Waals surface area contributed by atoms with E-state index in [9.17, 15) is 18.0 Å². The molecule has 32 heavy (non-hydrogen) atoms. The minimum Gasteiger partial charge on any atom is -0.444 e. The van der Waals surface area contributed by atoms with Crippen molar-refractivity contribution < 1.29 is 22.7 Å². The molecule has 9 heteroatoms. The van der Waals surface area contributed by atoms with Gasteiger partial charge in [-0.15, -0.1) is 0 Å². The Hall–Kier alpha value is -3.54. The number of halogens is 3. The van der Waals surface area contributed by atoms with E-state index in [1.54, 1.807) is 43.5 Å². The number of alkyl carbamates (subject to hydrolysis) is 1. The Bertz CT molecular complexity index is 1260. The Kier molecular flexibility index (Phi) is 5.33. The summed E-state index contributed by atoms with van der Waals surface area (Å²) in [5.74, 6) is -4.05. The van der Waals surface area contributed by atoms with Gasteiger partial charge in [-0.05, 0) is 44.5 Å². The summed E-state index contributed by atoms with van der Waals surface area (Å²) in [6, 6.07) is 6.00. The normalized spacial score (nSPS) is 18.2. The van der Waals surface area contributed by atoms with Gasteiger partial charge < -0.3 is 14.5 Å². The number of benzene rings is 1. The molecular formula is C23H21F3N4O2. The number of rotatable bonds is 2. The standard InChI is InChI=1S/C23H21F3N4O2/c1-23(2,3)32-22(31)29-18-10-20-19(28-21-6-12(11-27)4-5-30(20)21)8-14(18)13-7-16(25)17(26)9-15(13)24/h4-7,9,14,18H,8,10H2,1-3H3,(H,29,31). The Labute approximate surface area is 182 Å². The molecule has 4 rings (SSSR count). The van der Waals surface area contributed by atoms with E-state index in [2.05, 4.69) is 16.4 Å². The molecule has 166 valence electrons. The molecule has 2 unspecified atom stereocenters. The maximum atomic E-state index is 14.7. The van der Waals surface area contributed by atoms with Crippen LogP contribution >= 0.6 is 0 Å². The highest BCUT2D eigenvalue weighted by Gasteiger charge is 2.36. The number of pyridine rings is 1. The smallest absolute Gasteiger partial charge is 0.407 e. The number of carbonyl (C=O) groups excluding carboxylic acids is 1. The summed E-state index contributed by atoms with van der Waals surface area (Å²) in [7, 11) is 0. The third-order valence-electron chi connectivity index (χ3n) is 5.39. The fraction of sp³-hybridized carbons (Fsp3) is 0.348. The zero-order chi connectivity index (χ0) is 23.2. The number of carbonyl (C=O) groups is 1. The van der Waals surface area contributed by atoms with Crippen LogP contribution in [-0.2, 0) is 17.6 Å². The van der Waals surface area contributed by atoms with Gasteiger partial charge in [0.2, 0.25) is 0 Å². The SMILES string of the molecule is CC(C)(C)OC(=O)NC1Cc2c(nc3cc(C#N)ccn23)CC1c1cc(F)c(F)cc1F. The first-order valence-corrected chi connectivity index (χ1v) is 10.1. The second-order valence-corrected chi connectivity index (χ2v) is 8.82. The molecule has 0 bridgehead atoms. The van der Waals surface area contributed by atoms with Gasteiger partial charge in [0.1, 0.15) is 17.1 Å². The Balaban J connectivity index is 1.77. The average molecular weight is 442 g/mol. The number of amides is 1. The Morgan fingerprint density at radius 1 is 1.19 bits per heavy atom. The van der Waals surface area contributed by atoms with Crippen molar-refractivity contribution in [1.29, 1.82) is 5.26 Å². The molecule has 2 aromatic heterocycles. The second-order valence-electron chi connectivity index (χ2n) is 8.82. The predicted octanol–water partition coefficient (Wildman–Crippen LogP) is 4.40. The summed E-state index contributed by atoms with van der Waals surface area (Å²) in [4.78, 5) is 17.0. The molecule has 3 aromatic rings. The van der Waals surface area contributed by atoms with Gasteiger partial charge in [-0.2, -0.15) is 5.26 Å². The highest BCUT2D eigenvalue weighted by Crippen LogP contribution is 2.35. The summed E-state index contributed by atoms with van der Waals surface area (Å²) >= 11 is 0. The van der Waals surface area contributed by atoms with Crippen molar-refractivity contribution in [2.24, 2.45) is 0 Å². The number of nitrogens with zero attached hydrogens (tertiary/aromatic N) is 3. The predicted molar refractivity (Wildman–Crippen MR) is 110 cm³/mol. The van der Waals surface area contributed by atoms with Gasteiger partial charge in [0.05, 0.1) is 17.3 Å². The molecule has 0 spiro atoms. The molecule has 0 fully saturated rings. The second kappa shape index (κ2) is 7.86. The fourth-order valence-electron chi connectivity index (χ4n) is 4.05. The topological polar surface area (TPSA) is 79.4 Å². The molecule has 0 saturated heterocycles. The van der Waals surface area contributed by atoms with Crippen LogP contribution in [0.3, 0.4) is 0 Å². The van der Waals surface area contributed by atoms with Crippen LogP contribution in [0.2, 0.25) is 0 Å². The zero-order valence-corrected chi connectivity index (χ0v) is 17.7. The van der Waals surface area contributed by atoms with Crippen LogP contribution in [0.5, 0.6) is 0 Å². The largest absolute Gasteiger partial charge is 0.444 e. The van der Waals surface area contributed by atoms with Crippen molar-refractivity contribution in [3.05, 3.63) is 70.4 Å². The third-order valence-corrected chi connectivity index (χ3v) is 5.39. The van der Waals surface area contributed by atoms with E-state index in [1.807, 2.05) is 0 Å². The van der Waals surface area contributed by atoms with Crippen LogP contribution < -0.4 is 5.32 Å². The highest BCUT2D eigenvalue weighted by atomic mass is 19.2. The minimum absolute atomic E-state index is 0.0506. The van der Waals surface area contributed by atoms with Crippen LogP contribution in [0.25, 0.3) is 5.65 Å². The van der Waals surface area contributed by atoms with E-state index in [0.29, 0.717) is 23.0 Å². The van der Waals surface area contributed by atoms with Gasteiger partial charge in [0.25, 0.3) is 0 Å². The first-order chi connectivity index (χ1) is 15.1. The molecule has 1 amide bonds. The van der Waals surface area contributed by atoms with Crippen molar-refractivity contribution >= 4 is 11.7 Å². The van der Waals surface area contributed by atoms with Gasteiger partial charge in [0.15, 0.2) is 11.6 Å². The van der Waals surface area contributed by atoms with Crippen molar-refractivity contribution in [2.45, 2.75) is 51.2 Å². The Morgan fingerprint density at radius 3 is 2.59 bits per heavy atom. The lowest BCUT2D eigenvalue weighted by atomic mass is 9.80. The van der Waals surface area contributed by atoms with Gasteiger partial charge in [-0.25, -0.2) is 22.9 Å². The molecule has 0 saturated carbocycles. The van der Waals surface area contributed by atoms with Gasteiger partial charge >= 0.3 is 6.09 Å². The van der Waals surface area contributed by atoms with Crippen LogP contribution in [0.4, 0.5) is 18.0 Å². The fourth-order valence-corrected chi connectivity index (χ4v) is 4.05. The maximum Gasteiger partial charge on any atom is 0.407 e. The van der Waals surface area contributed by atoms with E-state index < -0.39 is 41.1 Å². The zero-order valence-electron chi connectivity index (χ0n) is 17.7. The van der Waals surface area contributed by atoms with Crippen molar-refractivity contribution in [1.82, 2.24) is 14.7 Å². The maximum absolute atomic E-state index is 14.7. The summed E-state index contributed by atoms with van der Waals surface area (Å²) in [5.41, 5.74) is 1.60. The number of ether oxygens (including phenoxy) is 1. The molecule has 2 atom stereocenters. The monoisotopic (exact) mass is 442 g/mol. The van der Waals surface area contributed by atoms with E-state index in [0.717, 1.165) is 11.8 Å². The lowest BCUT2D eigenvalue weighted by molar-refractivity contribution is 0.0493. The summed E-state index contributed by atoms with van der Waals surface area (Å²) in [6.45, 7) is 5.15. The van der Waals surface area contributed by atoms with Crippen LogP contribution in [0, 0.1) is 28.8 Å². The van der Waals surface area contributed by atoms with E-state index >= 15 is 0 Å². The highest BCUT2D eigenvalue weighted by molar-refractivity contribution is 5.68. The number of fused-ring (bicyclic) bond motifs is 3. The average Bonchev–Trinajstić information content (AvgIpc) is 3.05. The molecule has 1 aliphatic carbocycles. The molecule has 1 N–H and O–H groups in total. The summed E-state index contributed by atoms with van der Waals surface area (Å²) < 4.78 is 49.3.